The van der Waals surface area contributed by atoms with Gasteiger partial charge in [-0.1, -0.05) is 12.2 Å². The Labute approximate surface area is 160 Å². The molecule has 2 N–H and O–H groups in total. The van der Waals surface area contributed by atoms with Gasteiger partial charge in [0, 0.05) is 13.5 Å². The summed E-state index contributed by atoms with van der Waals surface area (Å²) in [5.41, 5.74) is 0.335. The maximum atomic E-state index is 13.2. The van der Waals surface area contributed by atoms with Crippen LogP contribution in [0.15, 0.2) is 29.0 Å². The van der Waals surface area contributed by atoms with Crippen molar-refractivity contribution in [2.75, 3.05) is 13.6 Å². The standard InChI is InChI=1S/C19H21N3O4S/c1-22-9-19-6-4-12(26-19)14(15(19)18(22)25)17(24)20-11-2-3-13(23)21-16(11)10-5-7-27-8-10/h4-8,11-12,14-16H,2-3,9H2,1H3,(H,20,24)(H,21,23)/t11-,12?,14?,15?,16+,19?/m1/s1. The minimum Gasteiger partial charge on any atom is -0.360 e. The average molecular weight is 387 g/mol. The van der Waals surface area contributed by atoms with Crippen LogP contribution in [0.5, 0.6) is 0 Å². The van der Waals surface area contributed by atoms with Crippen molar-refractivity contribution in [1.29, 1.82) is 0 Å². The minimum atomic E-state index is -0.661. The van der Waals surface area contributed by atoms with E-state index < -0.39 is 17.4 Å². The molecule has 0 aliphatic carbocycles. The van der Waals surface area contributed by atoms with Gasteiger partial charge >= 0.3 is 0 Å². The van der Waals surface area contributed by atoms with Crippen molar-refractivity contribution in [2.45, 2.75) is 36.6 Å². The molecule has 4 unspecified atom stereocenters. The normalized spacial score (nSPS) is 39.6. The van der Waals surface area contributed by atoms with Crippen LogP contribution in [0.1, 0.15) is 24.4 Å². The van der Waals surface area contributed by atoms with Gasteiger partial charge in [-0.05, 0) is 28.8 Å². The Bertz CT molecular complexity index is 838. The summed E-state index contributed by atoms with van der Waals surface area (Å²) in [6.45, 7) is 0.490. The second kappa shape index (κ2) is 5.90. The van der Waals surface area contributed by atoms with Gasteiger partial charge in [0.25, 0.3) is 0 Å². The van der Waals surface area contributed by atoms with E-state index in [0.29, 0.717) is 19.4 Å². The largest absolute Gasteiger partial charge is 0.360 e. The molecule has 1 spiro atoms. The first-order valence-electron chi connectivity index (χ1n) is 9.22. The Hall–Kier alpha value is -2.19. The van der Waals surface area contributed by atoms with E-state index in [1.165, 1.54) is 0 Å². The highest BCUT2D eigenvalue weighted by atomic mass is 32.1. The Balaban J connectivity index is 1.38. The van der Waals surface area contributed by atoms with Gasteiger partial charge in [0.1, 0.15) is 5.60 Å². The summed E-state index contributed by atoms with van der Waals surface area (Å²) in [6.07, 6.45) is 4.46. The molecule has 1 aromatic heterocycles. The number of nitrogens with one attached hydrogen (secondary N) is 2. The van der Waals surface area contributed by atoms with Crippen molar-refractivity contribution in [2.24, 2.45) is 11.8 Å². The Kier molecular flexibility index (Phi) is 3.70. The van der Waals surface area contributed by atoms with E-state index in [9.17, 15) is 14.4 Å². The highest BCUT2D eigenvalue weighted by molar-refractivity contribution is 7.08. The maximum Gasteiger partial charge on any atom is 0.229 e. The highest BCUT2D eigenvalue weighted by Gasteiger charge is 2.66. The molecule has 2 bridgehead atoms. The summed E-state index contributed by atoms with van der Waals surface area (Å²) in [7, 11) is 1.75. The van der Waals surface area contributed by atoms with E-state index in [4.69, 9.17) is 4.74 Å². The molecule has 27 heavy (non-hydrogen) atoms. The summed E-state index contributed by atoms with van der Waals surface area (Å²) in [6, 6.07) is 1.53. The molecule has 0 aromatic carbocycles. The molecule has 6 atom stereocenters. The van der Waals surface area contributed by atoms with Gasteiger partial charge in [-0.15, -0.1) is 0 Å². The first kappa shape index (κ1) is 16.9. The molecule has 3 fully saturated rings. The maximum absolute atomic E-state index is 13.2. The second-order valence-corrected chi connectivity index (χ2v) is 8.63. The molecule has 4 aliphatic heterocycles. The molecule has 7 nitrogen and oxygen atoms in total. The number of amides is 3. The van der Waals surface area contributed by atoms with Crippen LogP contribution in [0.4, 0.5) is 0 Å². The summed E-state index contributed by atoms with van der Waals surface area (Å²) >= 11 is 1.56. The van der Waals surface area contributed by atoms with E-state index in [1.54, 1.807) is 23.3 Å². The third kappa shape index (κ3) is 2.46. The molecule has 0 radical (unpaired) electrons. The zero-order chi connectivity index (χ0) is 18.8. The third-order valence-corrected chi connectivity index (χ3v) is 6.93. The van der Waals surface area contributed by atoms with Crippen LogP contribution in [0.2, 0.25) is 0 Å². The lowest BCUT2D eigenvalue weighted by molar-refractivity contribution is -0.137. The van der Waals surface area contributed by atoms with Gasteiger partial charge in [-0.25, -0.2) is 0 Å². The summed E-state index contributed by atoms with van der Waals surface area (Å²) in [5, 5.41) is 10.1. The number of ether oxygens (including phenoxy) is 1. The zero-order valence-corrected chi connectivity index (χ0v) is 15.7. The van der Waals surface area contributed by atoms with Gasteiger partial charge in [0.2, 0.25) is 17.7 Å². The summed E-state index contributed by atoms with van der Waals surface area (Å²) < 4.78 is 6.06. The monoisotopic (exact) mass is 387 g/mol. The number of rotatable bonds is 3. The molecule has 5 rings (SSSR count). The first-order valence-corrected chi connectivity index (χ1v) is 10.2. The SMILES string of the molecule is CN1CC23C=CC(O2)C(C(=O)N[C@@H]2CCC(=O)N[C@H]2c2ccsc2)C3C1=O. The second-order valence-electron chi connectivity index (χ2n) is 7.85. The van der Waals surface area contributed by atoms with Crippen LogP contribution >= 0.6 is 11.3 Å². The number of likely N-dealkylation sites (tertiary alicyclic amines) is 1. The molecule has 0 saturated carbocycles. The van der Waals surface area contributed by atoms with Gasteiger partial charge < -0.3 is 20.3 Å². The van der Waals surface area contributed by atoms with E-state index in [1.807, 2.05) is 29.0 Å². The van der Waals surface area contributed by atoms with Crippen LogP contribution in [-0.2, 0) is 19.1 Å². The highest BCUT2D eigenvalue weighted by Crippen LogP contribution is 2.51. The van der Waals surface area contributed by atoms with Gasteiger partial charge in [-0.3, -0.25) is 14.4 Å². The van der Waals surface area contributed by atoms with Crippen LogP contribution < -0.4 is 10.6 Å². The molecule has 4 aliphatic rings. The lowest BCUT2D eigenvalue weighted by Gasteiger charge is -2.34. The fourth-order valence-electron chi connectivity index (χ4n) is 4.99. The van der Waals surface area contributed by atoms with E-state index in [-0.39, 0.29) is 35.9 Å². The van der Waals surface area contributed by atoms with Crippen molar-refractivity contribution in [1.82, 2.24) is 15.5 Å². The van der Waals surface area contributed by atoms with Crippen LogP contribution in [0.25, 0.3) is 0 Å². The Morgan fingerprint density at radius 2 is 2.30 bits per heavy atom. The Morgan fingerprint density at radius 1 is 1.44 bits per heavy atom. The predicted molar refractivity (Wildman–Crippen MR) is 97.7 cm³/mol. The minimum absolute atomic E-state index is 0.00515. The fourth-order valence-corrected chi connectivity index (χ4v) is 5.69. The third-order valence-electron chi connectivity index (χ3n) is 6.22. The van der Waals surface area contributed by atoms with Crippen molar-refractivity contribution < 1.29 is 19.1 Å². The lowest BCUT2D eigenvalue weighted by Crippen LogP contribution is -2.53. The van der Waals surface area contributed by atoms with Crippen LogP contribution in [-0.4, -0.2) is 54.0 Å². The number of likely N-dealkylation sites (N-methyl/N-ethyl adjacent to an activating group) is 1. The number of carbonyl (C=O) groups is 3. The smallest absolute Gasteiger partial charge is 0.229 e. The number of hydrogen-bond donors (Lipinski definition) is 2. The van der Waals surface area contributed by atoms with Crippen molar-refractivity contribution >= 4 is 29.1 Å². The number of carbonyl (C=O) groups excluding carboxylic acids is 3. The average Bonchev–Trinajstić information content (AvgIpc) is 3.39. The molecular weight excluding hydrogens is 366 g/mol. The number of nitrogens with zero attached hydrogens (tertiary/aromatic N) is 1. The zero-order valence-electron chi connectivity index (χ0n) is 14.9. The van der Waals surface area contributed by atoms with E-state index in [0.717, 1.165) is 5.56 Å². The first-order chi connectivity index (χ1) is 13.0. The van der Waals surface area contributed by atoms with Crippen molar-refractivity contribution in [3.05, 3.63) is 34.5 Å². The van der Waals surface area contributed by atoms with Crippen molar-refractivity contribution in [3.63, 3.8) is 0 Å². The van der Waals surface area contributed by atoms with Crippen LogP contribution in [0, 0.1) is 11.8 Å². The number of thiophene rings is 1. The van der Waals surface area contributed by atoms with Crippen LogP contribution in [0.3, 0.4) is 0 Å². The Morgan fingerprint density at radius 3 is 3.07 bits per heavy atom. The van der Waals surface area contributed by atoms with Gasteiger partial charge in [-0.2, -0.15) is 11.3 Å². The quantitative estimate of drug-likeness (QED) is 0.744. The molecule has 3 saturated heterocycles. The fraction of sp³-hybridized carbons (Fsp3) is 0.526. The topological polar surface area (TPSA) is 87.7 Å². The lowest BCUT2D eigenvalue weighted by atomic mass is 9.76. The van der Waals surface area contributed by atoms with Crippen molar-refractivity contribution in [3.8, 4) is 0 Å². The van der Waals surface area contributed by atoms with E-state index in [2.05, 4.69) is 10.6 Å². The number of piperidine rings is 1. The molecule has 8 heteroatoms. The number of fused-ring (bicyclic) bond motifs is 1. The molecule has 5 heterocycles. The molecule has 142 valence electrons. The summed E-state index contributed by atoms with van der Waals surface area (Å²) in [5.74, 6) is -1.19. The molecule has 1 aromatic rings. The van der Waals surface area contributed by atoms with Gasteiger partial charge in [0.15, 0.2) is 0 Å². The number of hydrogen-bond acceptors (Lipinski definition) is 5. The molecular formula is C19H21N3O4S. The summed E-state index contributed by atoms with van der Waals surface area (Å²) in [4.78, 5) is 39.4. The van der Waals surface area contributed by atoms with E-state index >= 15 is 0 Å². The van der Waals surface area contributed by atoms with Gasteiger partial charge in [0.05, 0.1) is 36.6 Å². The predicted octanol–water partition coefficient (Wildman–Crippen LogP) is 0.596. The molecule has 3 amide bonds.